The average molecular weight is 302 g/mol. The number of rotatable bonds is 7. The molecule has 2 N–H and O–H groups in total. The molecule has 0 saturated carbocycles. The van der Waals surface area contributed by atoms with Gasteiger partial charge in [-0.25, -0.2) is 9.67 Å². The van der Waals surface area contributed by atoms with Gasteiger partial charge in [0.25, 0.3) is 5.91 Å². The van der Waals surface area contributed by atoms with Crippen LogP contribution in [0, 0.1) is 5.92 Å². The van der Waals surface area contributed by atoms with Crippen molar-refractivity contribution >= 4 is 5.91 Å². The highest BCUT2D eigenvalue weighted by Gasteiger charge is 2.18. The minimum absolute atomic E-state index is 0.0445. The summed E-state index contributed by atoms with van der Waals surface area (Å²) >= 11 is 0. The Morgan fingerprint density at radius 1 is 1.36 bits per heavy atom. The van der Waals surface area contributed by atoms with E-state index in [4.69, 9.17) is 5.11 Å². The second kappa shape index (κ2) is 7.70. The summed E-state index contributed by atoms with van der Waals surface area (Å²) in [5.74, 6) is 0.140. The van der Waals surface area contributed by atoms with E-state index in [0.29, 0.717) is 18.5 Å². The van der Waals surface area contributed by atoms with Crippen LogP contribution >= 0.6 is 0 Å². The second-order valence-corrected chi connectivity index (χ2v) is 5.59. The van der Waals surface area contributed by atoms with Crippen LogP contribution in [0.5, 0.6) is 0 Å². The summed E-state index contributed by atoms with van der Waals surface area (Å²) in [5, 5.41) is 16.2. The number of aromatic nitrogens is 3. The van der Waals surface area contributed by atoms with Gasteiger partial charge < -0.3 is 10.4 Å². The van der Waals surface area contributed by atoms with Gasteiger partial charge in [-0.2, -0.15) is 5.10 Å². The van der Waals surface area contributed by atoms with E-state index in [1.807, 2.05) is 32.0 Å². The van der Waals surface area contributed by atoms with Crippen molar-refractivity contribution < 1.29 is 9.90 Å². The molecule has 0 fully saturated rings. The van der Waals surface area contributed by atoms with Gasteiger partial charge in [-0.1, -0.05) is 32.0 Å². The van der Waals surface area contributed by atoms with Gasteiger partial charge in [-0.05, 0) is 24.0 Å². The molecular formula is C16H22N4O2. The Kier molecular flexibility index (Phi) is 5.66. The molecule has 2 rings (SSSR count). The highest BCUT2D eigenvalue weighted by atomic mass is 16.3. The molecule has 6 heteroatoms. The first kappa shape index (κ1) is 16.2. The average Bonchev–Trinajstić information content (AvgIpc) is 3.00. The van der Waals surface area contributed by atoms with E-state index >= 15 is 0 Å². The monoisotopic (exact) mass is 302 g/mol. The van der Waals surface area contributed by atoms with Crippen LogP contribution in [0.25, 0.3) is 0 Å². The van der Waals surface area contributed by atoms with Gasteiger partial charge in [0.15, 0.2) is 0 Å². The molecule has 6 nitrogen and oxygen atoms in total. The SMILES string of the molecule is CC(C)C(CCO)NC(=O)c1ccccc1Cn1cncn1. The Bertz CT molecular complexity index is 596. The fourth-order valence-electron chi connectivity index (χ4n) is 2.33. The molecular weight excluding hydrogens is 280 g/mol. The third-order valence-electron chi connectivity index (χ3n) is 3.62. The van der Waals surface area contributed by atoms with Gasteiger partial charge in [-0.3, -0.25) is 4.79 Å². The molecule has 0 spiro atoms. The largest absolute Gasteiger partial charge is 0.396 e. The Hall–Kier alpha value is -2.21. The molecule has 0 aliphatic rings. The molecule has 1 heterocycles. The number of nitrogens with zero attached hydrogens (tertiary/aromatic N) is 3. The number of carbonyl (C=O) groups excluding carboxylic acids is 1. The van der Waals surface area contributed by atoms with E-state index in [0.717, 1.165) is 5.56 Å². The van der Waals surface area contributed by atoms with Crippen molar-refractivity contribution in [2.24, 2.45) is 5.92 Å². The number of carbonyl (C=O) groups is 1. The summed E-state index contributed by atoms with van der Waals surface area (Å²) in [6.07, 6.45) is 3.64. The van der Waals surface area contributed by atoms with Crippen LogP contribution in [0.2, 0.25) is 0 Å². The standard InChI is InChI=1S/C16H22N4O2/c1-12(2)15(7-8-21)19-16(22)14-6-4-3-5-13(14)9-20-11-17-10-18-20/h3-6,10-12,15,21H,7-9H2,1-2H3,(H,19,22). The molecule has 0 aliphatic carbocycles. The molecule has 0 aliphatic heterocycles. The first-order chi connectivity index (χ1) is 10.6. The molecule has 118 valence electrons. The molecule has 1 amide bonds. The molecule has 22 heavy (non-hydrogen) atoms. The predicted molar refractivity (Wildman–Crippen MR) is 83.4 cm³/mol. The highest BCUT2D eigenvalue weighted by molar-refractivity contribution is 5.95. The van der Waals surface area contributed by atoms with Gasteiger partial charge in [0.2, 0.25) is 0 Å². The van der Waals surface area contributed by atoms with Crippen LogP contribution in [0.15, 0.2) is 36.9 Å². The van der Waals surface area contributed by atoms with Gasteiger partial charge in [-0.15, -0.1) is 0 Å². The van der Waals surface area contributed by atoms with Crippen molar-refractivity contribution in [2.75, 3.05) is 6.61 Å². The van der Waals surface area contributed by atoms with Crippen LogP contribution in [0.1, 0.15) is 36.2 Å². The summed E-state index contributed by atoms with van der Waals surface area (Å²) in [5.41, 5.74) is 1.51. The summed E-state index contributed by atoms with van der Waals surface area (Å²) < 4.78 is 1.68. The highest BCUT2D eigenvalue weighted by Crippen LogP contribution is 2.13. The van der Waals surface area contributed by atoms with E-state index in [1.165, 1.54) is 6.33 Å². The van der Waals surface area contributed by atoms with E-state index in [9.17, 15) is 4.79 Å². The third kappa shape index (κ3) is 4.14. The predicted octanol–water partition coefficient (Wildman–Crippen LogP) is 1.46. The Morgan fingerprint density at radius 2 is 2.14 bits per heavy atom. The maximum absolute atomic E-state index is 12.5. The second-order valence-electron chi connectivity index (χ2n) is 5.59. The van der Waals surface area contributed by atoms with E-state index < -0.39 is 0 Å². The Balaban J connectivity index is 2.15. The first-order valence-electron chi connectivity index (χ1n) is 7.44. The smallest absolute Gasteiger partial charge is 0.251 e. The van der Waals surface area contributed by atoms with Crippen LogP contribution in [-0.4, -0.2) is 38.4 Å². The minimum Gasteiger partial charge on any atom is -0.396 e. The number of amides is 1. The fraction of sp³-hybridized carbons (Fsp3) is 0.438. The van der Waals surface area contributed by atoms with Gasteiger partial charge in [0.1, 0.15) is 12.7 Å². The zero-order valence-electron chi connectivity index (χ0n) is 12.9. The van der Waals surface area contributed by atoms with Crippen molar-refractivity contribution in [1.29, 1.82) is 0 Å². The van der Waals surface area contributed by atoms with E-state index in [2.05, 4.69) is 15.4 Å². The lowest BCUT2D eigenvalue weighted by molar-refractivity contribution is 0.0915. The normalized spacial score (nSPS) is 12.4. The zero-order valence-corrected chi connectivity index (χ0v) is 12.9. The van der Waals surface area contributed by atoms with Gasteiger partial charge >= 0.3 is 0 Å². The maximum atomic E-state index is 12.5. The van der Waals surface area contributed by atoms with Crippen molar-refractivity contribution in [3.8, 4) is 0 Å². The zero-order chi connectivity index (χ0) is 15.9. The van der Waals surface area contributed by atoms with Crippen LogP contribution in [-0.2, 0) is 6.54 Å². The van der Waals surface area contributed by atoms with Crippen molar-refractivity contribution in [2.45, 2.75) is 32.9 Å². The summed E-state index contributed by atoms with van der Waals surface area (Å²) in [6, 6.07) is 7.41. The maximum Gasteiger partial charge on any atom is 0.251 e. The van der Waals surface area contributed by atoms with Gasteiger partial charge in [0.05, 0.1) is 6.54 Å². The summed E-state index contributed by atoms with van der Waals surface area (Å²) in [6.45, 7) is 4.61. The van der Waals surface area contributed by atoms with Crippen molar-refractivity contribution in [3.05, 3.63) is 48.0 Å². The molecule has 1 atom stereocenters. The number of benzene rings is 1. The molecule has 1 aromatic heterocycles. The summed E-state index contributed by atoms with van der Waals surface area (Å²) in [4.78, 5) is 16.5. The molecule has 2 aromatic rings. The van der Waals surface area contributed by atoms with Crippen molar-refractivity contribution in [3.63, 3.8) is 0 Å². The number of nitrogens with one attached hydrogen (secondary N) is 1. The molecule has 0 radical (unpaired) electrons. The number of aliphatic hydroxyl groups is 1. The number of hydrogen-bond donors (Lipinski definition) is 2. The van der Waals surface area contributed by atoms with E-state index in [-0.39, 0.29) is 24.5 Å². The molecule has 0 bridgehead atoms. The van der Waals surface area contributed by atoms with Crippen LogP contribution in [0.4, 0.5) is 0 Å². The number of hydrogen-bond acceptors (Lipinski definition) is 4. The number of aliphatic hydroxyl groups excluding tert-OH is 1. The quantitative estimate of drug-likeness (QED) is 0.811. The lowest BCUT2D eigenvalue weighted by Crippen LogP contribution is -2.39. The van der Waals surface area contributed by atoms with E-state index in [1.54, 1.807) is 17.1 Å². The van der Waals surface area contributed by atoms with Gasteiger partial charge in [0, 0.05) is 18.2 Å². The minimum atomic E-state index is -0.122. The molecule has 1 unspecified atom stereocenters. The third-order valence-corrected chi connectivity index (χ3v) is 3.62. The van der Waals surface area contributed by atoms with Crippen molar-refractivity contribution in [1.82, 2.24) is 20.1 Å². The molecule has 0 saturated heterocycles. The Morgan fingerprint density at radius 3 is 2.77 bits per heavy atom. The lowest BCUT2D eigenvalue weighted by atomic mass is 10.00. The fourth-order valence-corrected chi connectivity index (χ4v) is 2.33. The first-order valence-corrected chi connectivity index (χ1v) is 7.44. The van der Waals surface area contributed by atoms with Crippen LogP contribution < -0.4 is 5.32 Å². The lowest BCUT2D eigenvalue weighted by Gasteiger charge is -2.22. The summed E-state index contributed by atoms with van der Waals surface area (Å²) in [7, 11) is 0. The topological polar surface area (TPSA) is 80.0 Å². The Labute approximate surface area is 130 Å². The molecule has 1 aromatic carbocycles. The van der Waals surface area contributed by atoms with Crippen LogP contribution in [0.3, 0.4) is 0 Å².